The molecule has 0 saturated heterocycles. The fourth-order valence-electron chi connectivity index (χ4n) is 0.591. The number of hydrogen-bond acceptors (Lipinski definition) is 4. The smallest absolute Gasteiger partial charge is 0.271 e. The molecule has 12 heavy (non-hydrogen) atoms. The van der Waals surface area contributed by atoms with Crippen molar-refractivity contribution in [2.75, 3.05) is 12.4 Å². The van der Waals surface area contributed by atoms with Crippen molar-refractivity contribution in [3.05, 3.63) is 12.3 Å². The van der Waals surface area contributed by atoms with Crippen LogP contribution in [0.15, 0.2) is 17.4 Å². The van der Waals surface area contributed by atoms with Gasteiger partial charge in [-0.15, -0.1) is 0 Å². The van der Waals surface area contributed by atoms with Crippen LogP contribution in [0.5, 0.6) is 0 Å². The van der Waals surface area contributed by atoms with E-state index in [0.29, 0.717) is 5.82 Å². The van der Waals surface area contributed by atoms with Crippen LogP contribution in [-0.4, -0.2) is 29.4 Å². The number of oxime groups is 1. The molecule has 0 bridgehead atoms. The monoisotopic (exact) mass is 168 g/mol. The Morgan fingerprint density at radius 2 is 2.75 bits per heavy atom. The van der Waals surface area contributed by atoms with Crippen molar-refractivity contribution in [3.63, 3.8) is 0 Å². The van der Waals surface area contributed by atoms with Crippen LogP contribution < -0.4 is 5.32 Å². The van der Waals surface area contributed by atoms with Crippen LogP contribution in [0.25, 0.3) is 0 Å². The van der Waals surface area contributed by atoms with Gasteiger partial charge in [-0.3, -0.25) is 9.89 Å². The molecule has 0 radical (unpaired) electrons. The predicted octanol–water partition coefficient (Wildman–Crippen LogP) is -0.0196. The first kappa shape index (κ1) is 8.25. The normalized spacial score (nSPS) is 10.1. The van der Waals surface area contributed by atoms with Crippen molar-refractivity contribution in [3.8, 4) is 0 Å². The summed E-state index contributed by atoms with van der Waals surface area (Å²) in [5, 5.41) is 12.0. The number of H-pyrrole nitrogens is 1. The molecule has 1 aromatic heterocycles. The van der Waals surface area contributed by atoms with E-state index in [1.54, 1.807) is 6.07 Å². The average molecular weight is 168 g/mol. The standard InChI is InChI=1S/C6H8N4O2/c1-12-8-4-6(11)9-5-2-3-7-10-5/h2-4H,1H3,(H2,7,9,10,11)/b8-4+. The minimum Gasteiger partial charge on any atom is -0.399 e. The van der Waals surface area contributed by atoms with Gasteiger partial charge in [0.1, 0.15) is 19.1 Å². The lowest BCUT2D eigenvalue weighted by molar-refractivity contribution is -0.110. The maximum atomic E-state index is 10.9. The molecule has 2 N–H and O–H groups in total. The van der Waals surface area contributed by atoms with Crippen molar-refractivity contribution in [1.29, 1.82) is 0 Å². The van der Waals surface area contributed by atoms with Gasteiger partial charge in [-0.2, -0.15) is 5.10 Å². The van der Waals surface area contributed by atoms with E-state index in [0.717, 1.165) is 6.21 Å². The van der Waals surface area contributed by atoms with Crippen molar-refractivity contribution in [2.24, 2.45) is 5.16 Å². The van der Waals surface area contributed by atoms with E-state index in [4.69, 9.17) is 0 Å². The number of aromatic nitrogens is 2. The molecule has 0 aliphatic heterocycles. The molecule has 0 fully saturated rings. The summed E-state index contributed by atoms with van der Waals surface area (Å²) in [5.41, 5.74) is 0. The molecule has 6 nitrogen and oxygen atoms in total. The minimum absolute atomic E-state index is 0.374. The average Bonchev–Trinajstić information content (AvgIpc) is 2.53. The first-order valence-corrected chi connectivity index (χ1v) is 3.20. The Bertz CT molecular complexity index is 267. The number of carbonyl (C=O) groups excluding carboxylic acids is 1. The molecular weight excluding hydrogens is 160 g/mol. The molecule has 1 amide bonds. The zero-order valence-electron chi connectivity index (χ0n) is 6.44. The van der Waals surface area contributed by atoms with Crippen molar-refractivity contribution >= 4 is 17.9 Å². The van der Waals surface area contributed by atoms with Gasteiger partial charge in [0.2, 0.25) is 0 Å². The Balaban J connectivity index is 2.42. The second-order valence-electron chi connectivity index (χ2n) is 1.88. The van der Waals surface area contributed by atoms with Crippen molar-refractivity contribution in [1.82, 2.24) is 10.2 Å². The number of hydrogen-bond donors (Lipinski definition) is 2. The number of nitrogens with one attached hydrogen (secondary N) is 2. The maximum Gasteiger partial charge on any atom is 0.271 e. The summed E-state index contributed by atoms with van der Waals surface area (Å²) < 4.78 is 0. The van der Waals surface area contributed by atoms with Crippen LogP contribution in [-0.2, 0) is 9.63 Å². The van der Waals surface area contributed by atoms with Gasteiger partial charge in [0.05, 0.1) is 6.20 Å². The van der Waals surface area contributed by atoms with E-state index >= 15 is 0 Å². The summed E-state index contributed by atoms with van der Waals surface area (Å²) in [6.07, 6.45) is 2.56. The van der Waals surface area contributed by atoms with Gasteiger partial charge in [0.15, 0.2) is 0 Å². The van der Waals surface area contributed by atoms with Gasteiger partial charge < -0.3 is 10.2 Å². The molecule has 64 valence electrons. The maximum absolute atomic E-state index is 10.9. The number of nitrogens with zero attached hydrogens (tertiary/aromatic N) is 2. The van der Waals surface area contributed by atoms with Gasteiger partial charge in [0, 0.05) is 6.07 Å². The number of aromatic amines is 1. The highest BCUT2D eigenvalue weighted by Gasteiger charge is 1.97. The van der Waals surface area contributed by atoms with Gasteiger partial charge in [-0.25, -0.2) is 0 Å². The van der Waals surface area contributed by atoms with Crippen LogP contribution in [0, 0.1) is 0 Å². The Kier molecular flexibility index (Phi) is 2.83. The summed E-state index contributed by atoms with van der Waals surface area (Å²) in [7, 11) is 1.36. The highest BCUT2D eigenvalue weighted by molar-refractivity contribution is 6.31. The molecule has 0 aliphatic carbocycles. The van der Waals surface area contributed by atoms with Gasteiger partial charge in [0.25, 0.3) is 5.91 Å². The third-order valence-electron chi connectivity index (χ3n) is 1.03. The minimum atomic E-state index is -0.374. The Hall–Kier alpha value is -1.85. The van der Waals surface area contributed by atoms with Crippen LogP contribution in [0.2, 0.25) is 0 Å². The van der Waals surface area contributed by atoms with E-state index < -0.39 is 0 Å². The van der Waals surface area contributed by atoms with Gasteiger partial charge in [-0.05, 0) is 0 Å². The van der Waals surface area contributed by atoms with Crippen LogP contribution >= 0.6 is 0 Å². The fourth-order valence-corrected chi connectivity index (χ4v) is 0.591. The quantitative estimate of drug-likeness (QED) is 0.491. The van der Waals surface area contributed by atoms with Gasteiger partial charge in [-0.1, -0.05) is 5.16 Å². The molecule has 1 aromatic rings. The summed E-state index contributed by atoms with van der Waals surface area (Å²) in [4.78, 5) is 15.2. The summed E-state index contributed by atoms with van der Waals surface area (Å²) in [6.45, 7) is 0. The highest BCUT2D eigenvalue weighted by Crippen LogP contribution is 1.96. The number of rotatable bonds is 3. The summed E-state index contributed by atoms with van der Waals surface area (Å²) in [5.74, 6) is 0.142. The Labute approximate surface area is 68.6 Å². The molecular formula is C6H8N4O2. The van der Waals surface area contributed by atoms with Gasteiger partial charge >= 0.3 is 0 Å². The number of anilines is 1. The van der Waals surface area contributed by atoms with E-state index in [2.05, 4.69) is 25.5 Å². The van der Waals surface area contributed by atoms with Crippen LogP contribution in [0.4, 0.5) is 5.82 Å². The van der Waals surface area contributed by atoms with Crippen molar-refractivity contribution < 1.29 is 9.63 Å². The predicted molar refractivity (Wildman–Crippen MR) is 42.7 cm³/mol. The molecule has 1 rings (SSSR count). The van der Waals surface area contributed by atoms with Crippen molar-refractivity contribution in [2.45, 2.75) is 0 Å². The van der Waals surface area contributed by atoms with E-state index in [1.165, 1.54) is 13.3 Å². The second-order valence-corrected chi connectivity index (χ2v) is 1.88. The molecule has 0 aromatic carbocycles. The highest BCUT2D eigenvalue weighted by atomic mass is 16.6. The van der Waals surface area contributed by atoms with Crippen LogP contribution in [0.1, 0.15) is 0 Å². The van der Waals surface area contributed by atoms with E-state index in [1.807, 2.05) is 0 Å². The molecule has 0 spiro atoms. The lowest BCUT2D eigenvalue weighted by Crippen LogP contribution is -2.12. The zero-order chi connectivity index (χ0) is 8.81. The van der Waals surface area contributed by atoms with E-state index in [-0.39, 0.29) is 5.91 Å². The summed E-state index contributed by atoms with van der Waals surface area (Å²) >= 11 is 0. The molecule has 6 heteroatoms. The third kappa shape index (κ3) is 2.41. The Morgan fingerprint density at radius 1 is 1.92 bits per heavy atom. The lowest BCUT2D eigenvalue weighted by atomic mass is 10.6. The summed E-state index contributed by atoms with van der Waals surface area (Å²) in [6, 6.07) is 1.62. The molecule has 1 heterocycles. The zero-order valence-corrected chi connectivity index (χ0v) is 6.44. The SMILES string of the molecule is CO/N=C/C(=O)Nc1ccn[nH]1. The number of carbonyl (C=O) groups is 1. The largest absolute Gasteiger partial charge is 0.399 e. The topological polar surface area (TPSA) is 79.4 Å². The second kappa shape index (κ2) is 4.12. The Morgan fingerprint density at radius 3 is 3.33 bits per heavy atom. The fraction of sp³-hybridized carbons (Fsp3) is 0.167. The number of amides is 1. The molecule has 0 unspecified atom stereocenters. The molecule has 0 aliphatic rings. The van der Waals surface area contributed by atoms with Crippen LogP contribution in [0.3, 0.4) is 0 Å². The molecule has 0 atom stereocenters. The first-order valence-electron chi connectivity index (χ1n) is 3.20. The van der Waals surface area contributed by atoms with E-state index in [9.17, 15) is 4.79 Å². The molecule has 0 saturated carbocycles. The third-order valence-corrected chi connectivity index (χ3v) is 1.03. The first-order chi connectivity index (χ1) is 5.83. The lowest BCUT2D eigenvalue weighted by Gasteiger charge is -1.94.